The molecule has 0 aromatic rings. The van der Waals surface area contributed by atoms with Crippen molar-refractivity contribution in [2.75, 3.05) is 52.9 Å². The Morgan fingerprint density at radius 3 is 2.31 bits per heavy atom. The Hall–Kier alpha value is -1.63. The summed E-state index contributed by atoms with van der Waals surface area (Å²) < 4.78 is 0. The molecule has 0 unspecified atom stereocenters. The lowest BCUT2D eigenvalue weighted by atomic mass is 9.94. The highest BCUT2D eigenvalue weighted by Crippen LogP contribution is 2.21. The lowest BCUT2D eigenvalue weighted by Crippen LogP contribution is -2.47. The van der Waals surface area contributed by atoms with Crippen LogP contribution in [0.25, 0.3) is 0 Å². The summed E-state index contributed by atoms with van der Waals surface area (Å²) in [5.41, 5.74) is 0. The number of hydrogen-bond donors (Lipinski definition) is 1. The molecule has 2 heterocycles. The summed E-state index contributed by atoms with van der Waals surface area (Å²) in [5.74, 6) is 0.253. The van der Waals surface area contributed by atoms with Crippen LogP contribution in [0.5, 0.6) is 0 Å². The predicted octanol–water partition coefficient (Wildman–Crippen LogP) is 0.696. The van der Waals surface area contributed by atoms with E-state index in [1.165, 1.54) is 11.3 Å². The fraction of sp³-hybridized carbons (Fsp3) is 0.842. The van der Waals surface area contributed by atoms with E-state index in [1.807, 2.05) is 11.8 Å². The molecule has 0 atom stereocenters. The normalized spacial score (nSPS) is 19.2. The molecular formula is C19H34N4O3. The van der Waals surface area contributed by atoms with Crippen LogP contribution < -0.4 is 5.32 Å². The molecule has 2 saturated heterocycles. The van der Waals surface area contributed by atoms with Gasteiger partial charge in [0.15, 0.2) is 0 Å². The van der Waals surface area contributed by atoms with Crippen molar-refractivity contribution in [2.45, 2.75) is 45.4 Å². The summed E-state index contributed by atoms with van der Waals surface area (Å²) in [6.45, 7) is 6.40. The van der Waals surface area contributed by atoms with Gasteiger partial charge in [0.25, 0.3) is 0 Å². The van der Waals surface area contributed by atoms with Crippen molar-refractivity contribution in [1.29, 1.82) is 0 Å². The van der Waals surface area contributed by atoms with Gasteiger partial charge in [-0.05, 0) is 51.6 Å². The fourth-order valence-electron chi connectivity index (χ4n) is 3.65. The third-order valence-corrected chi connectivity index (χ3v) is 5.34. The number of carbonyl (C=O) groups excluding carboxylic acids is 3. The van der Waals surface area contributed by atoms with Crippen LogP contribution >= 0.6 is 0 Å². The molecule has 0 spiro atoms. The van der Waals surface area contributed by atoms with E-state index >= 15 is 0 Å². The second-order valence-electron chi connectivity index (χ2n) is 7.54. The zero-order valence-corrected chi connectivity index (χ0v) is 16.3. The molecule has 0 saturated carbocycles. The zero-order valence-electron chi connectivity index (χ0n) is 16.3. The van der Waals surface area contributed by atoms with Gasteiger partial charge in [-0.2, -0.15) is 0 Å². The van der Waals surface area contributed by atoms with E-state index in [2.05, 4.69) is 10.2 Å². The van der Waals surface area contributed by atoms with E-state index in [0.29, 0.717) is 19.0 Å². The summed E-state index contributed by atoms with van der Waals surface area (Å²) in [5, 5.41) is 2.78. The summed E-state index contributed by atoms with van der Waals surface area (Å²) in [7, 11) is 1.67. The number of carbonyl (C=O) groups is 3. The van der Waals surface area contributed by atoms with Crippen LogP contribution in [0.2, 0.25) is 0 Å². The molecular weight excluding hydrogens is 332 g/mol. The van der Waals surface area contributed by atoms with Crippen molar-refractivity contribution in [3.63, 3.8) is 0 Å². The van der Waals surface area contributed by atoms with Gasteiger partial charge < -0.3 is 15.1 Å². The van der Waals surface area contributed by atoms with Crippen molar-refractivity contribution < 1.29 is 14.4 Å². The summed E-state index contributed by atoms with van der Waals surface area (Å²) in [4.78, 5) is 42.2. The van der Waals surface area contributed by atoms with Crippen molar-refractivity contribution in [3.8, 4) is 0 Å². The largest absolute Gasteiger partial charge is 0.355 e. The second-order valence-corrected chi connectivity index (χ2v) is 7.54. The minimum absolute atomic E-state index is 0.0440. The number of amides is 3. The molecule has 3 amide bonds. The molecule has 2 aliphatic heterocycles. The Kier molecular flexibility index (Phi) is 8.35. The van der Waals surface area contributed by atoms with Gasteiger partial charge in [-0.25, -0.2) is 0 Å². The molecule has 26 heavy (non-hydrogen) atoms. The Bertz CT molecular complexity index is 483. The molecule has 0 radical (unpaired) electrons. The summed E-state index contributed by atoms with van der Waals surface area (Å²) in [6, 6.07) is 0. The van der Waals surface area contributed by atoms with Gasteiger partial charge in [-0.15, -0.1) is 0 Å². The van der Waals surface area contributed by atoms with Crippen molar-refractivity contribution in [3.05, 3.63) is 0 Å². The smallest absolute Gasteiger partial charge is 0.239 e. The predicted molar refractivity (Wildman–Crippen MR) is 101 cm³/mol. The molecule has 0 bridgehead atoms. The number of piperidine rings is 2. The summed E-state index contributed by atoms with van der Waals surface area (Å²) >= 11 is 0. The lowest BCUT2D eigenvalue weighted by molar-refractivity contribution is -0.139. The van der Waals surface area contributed by atoms with Gasteiger partial charge >= 0.3 is 0 Å². The lowest BCUT2D eigenvalue weighted by Gasteiger charge is -2.35. The number of rotatable bonds is 7. The molecule has 7 heteroatoms. The highest BCUT2D eigenvalue weighted by atomic mass is 16.2. The average Bonchev–Trinajstić information content (AvgIpc) is 2.67. The Labute approximate surface area is 157 Å². The average molecular weight is 367 g/mol. The monoisotopic (exact) mass is 366 g/mol. The highest BCUT2D eigenvalue weighted by molar-refractivity contribution is 5.85. The van der Waals surface area contributed by atoms with Crippen LogP contribution in [-0.4, -0.2) is 85.3 Å². The first-order valence-electron chi connectivity index (χ1n) is 10.0. The molecule has 0 aromatic carbocycles. The Morgan fingerprint density at radius 1 is 1.04 bits per heavy atom. The molecule has 2 aliphatic rings. The second kappa shape index (κ2) is 10.5. The van der Waals surface area contributed by atoms with Gasteiger partial charge in [0.1, 0.15) is 0 Å². The van der Waals surface area contributed by atoms with E-state index in [0.717, 1.165) is 58.3 Å². The SMILES string of the molecule is CCCNC(=O)CN(C)C(=O)CN1CCC(C(=O)N2CCCCC2)CC1. The maximum Gasteiger partial charge on any atom is 0.239 e. The van der Waals surface area contributed by atoms with Crippen LogP contribution in [0.3, 0.4) is 0 Å². The Morgan fingerprint density at radius 2 is 1.69 bits per heavy atom. The third kappa shape index (κ3) is 6.27. The van der Waals surface area contributed by atoms with Crippen LogP contribution in [-0.2, 0) is 14.4 Å². The quantitative estimate of drug-likeness (QED) is 0.720. The van der Waals surface area contributed by atoms with Crippen molar-refractivity contribution in [2.24, 2.45) is 5.92 Å². The first kappa shape index (κ1) is 20.7. The van der Waals surface area contributed by atoms with Gasteiger partial charge in [0.2, 0.25) is 17.7 Å². The molecule has 148 valence electrons. The third-order valence-electron chi connectivity index (χ3n) is 5.34. The van der Waals surface area contributed by atoms with E-state index in [9.17, 15) is 14.4 Å². The molecule has 0 aromatic heterocycles. The molecule has 2 rings (SSSR count). The fourth-order valence-corrected chi connectivity index (χ4v) is 3.65. The Balaban J connectivity index is 1.69. The molecule has 7 nitrogen and oxygen atoms in total. The standard InChI is InChI=1S/C19H34N4O3/c1-3-9-20-17(24)14-21(2)18(25)15-22-12-7-16(8-13-22)19(26)23-10-5-4-6-11-23/h16H,3-15H2,1-2H3,(H,20,24). The van der Waals surface area contributed by atoms with Crippen LogP contribution in [0.15, 0.2) is 0 Å². The zero-order chi connectivity index (χ0) is 18.9. The van der Waals surface area contributed by atoms with E-state index in [-0.39, 0.29) is 24.3 Å². The number of likely N-dealkylation sites (N-methyl/N-ethyl adjacent to an activating group) is 1. The van der Waals surface area contributed by atoms with E-state index < -0.39 is 0 Å². The van der Waals surface area contributed by atoms with Crippen molar-refractivity contribution >= 4 is 17.7 Å². The maximum absolute atomic E-state index is 12.6. The first-order chi connectivity index (χ1) is 12.5. The van der Waals surface area contributed by atoms with E-state index in [4.69, 9.17) is 0 Å². The first-order valence-corrected chi connectivity index (χ1v) is 10.0. The number of nitrogens with one attached hydrogen (secondary N) is 1. The minimum Gasteiger partial charge on any atom is -0.355 e. The van der Waals surface area contributed by atoms with Crippen molar-refractivity contribution in [1.82, 2.24) is 20.0 Å². The highest BCUT2D eigenvalue weighted by Gasteiger charge is 2.30. The van der Waals surface area contributed by atoms with Crippen LogP contribution in [0, 0.1) is 5.92 Å². The van der Waals surface area contributed by atoms with Gasteiger partial charge in [-0.1, -0.05) is 6.92 Å². The number of nitrogens with zero attached hydrogens (tertiary/aromatic N) is 3. The topological polar surface area (TPSA) is 73.0 Å². The van der Waals surface area contributed by atoms with Crippen LogP contribution in [0.4, 0.5) is 0 Å². The minimum atomic E-state index is -0.117. The molecule has 2 fully saturated rings. The van der Waals surface area contributed by atoms with Gasteiger partial charge in [-0.3, -0.25) is 19.3 Å². The maximum atomic E-state index is 12.6. The van der Waals surface area contributed by atoms with Gasteiger partial charge in [0, 0.05) is 32.6 Å². The van der Waals surface area contributed by atoms with E-state index in [1.54, 1.807) is 7.05 Å². The molecule has 1 N–H and O–H groups in total. The van der Waals surface area contributed by atoms with Crippen LogP contribution in [0.1, 0.15) is 45.4 Å². The van der Waals surface area contributed by atoms with Gasteiger partial charge in [0.05, 0.1) is 13.1 Å². The number of hydrogen-bond acceptors (Lipinski definition) is 4. The molecule has 0 aliphatic carbocycles. The number of likely N-dealkylation sites (tertiary alicyclic amines) is 2. The summed E-state index contributed by atoms with van der Waals surface area (Å²) in [6.07, 6.45) is 6.00.